The summed E-state index contributed by atoms with van der Waals surface area (Å²) in [6, 6.07) is 0.679. The van der Waals surface area contributed by atoms with Gasteiger partial charge in [0.2, 0.25) is 0 Å². The first kappa shape index (κ1) is 12.0. The van der Waals surface area contributed by atoms with Gasteiger partial charge >= 0.3 is 0 Å². The smallest absolute Gasteiger partial charge is 0.0621 e. The van der Waals surface area contributed by atoms with E-state index in [2.05, 4.69) is 26.1 Å². The standard InChI is InChI=1S/C11H23NO2/c1-7(6-13)8(2)12-9-5-10(14)11(9,3)4/h7-10,12-14H,5-6H2,1-4H3. The Labute approximate surface area is 86.5 Å². The third-order valence-corrected chi connectivity index (χ3v) is 3.82. The highest BCUT2D eigenvalue weighted by Gasteiger charge is 2.47. The Kier molecular flexibility index (Phi) is 3.56. The van der Waals surface area contributed by atoms with Gasteiger partial charge in [-0.25, -0.2) is 0 Å². The van der Waals surface area contributed by atoms with Crippen LogP contribution in [0.5, 0.6) is 0 Å². The van der Waals surface area contributed by atoms with Crippen molar-refractivity contribution in [1.82, 2.24) is 5.32 Å². The molecule has 0 aromatic carbocycles. The number of aliphatic hydroxyl groups excluding tert-OH is 2. The first-order valence-electron chi connectivity index (χ1n) is 5.44. The average Bonchev–Trinajstić information content (AvgIpc) is 2.16. The molecule has 0 bridgehead atoms. The molecule has 14 heavy (non-hydrogen) atoms. The topological polar surface area (TPSA) is 52.5 Å². The second-order valence-electron chi connectivity index (χ2n) is 5.24. The molecule has 0 aromatic heterocycles. The van der Waals surface area contributed by atoms with E-state index in [9.17, 15) is 5.11 Å². The minimum absolute atomic E-state index is 0.0244. The zero-order chi connectivity index (χ0) is 10.9. The number of hydrogen-bond donors (Lipinski definition) is 3. The second kappa shape index (κ2) is 4.17. The van der Waals surface area contributed by atoms with E-state index in [0.717, 1.165) is 6.42 Å². The molecule has 1 rings (SSSR count). The summed E-state index contributed by atoms with van der Waals surface area (Å²) in [6.45, 7) is 8.48. The lowest BCUT2D eigenvalue weighted by Crippen LogP contribution is -2.62. The van der Waals surface area contributed by atoms with Gasteiger partial charge in [-0.15, -0.1) is 0 Å². The van der Waals surface area contributed by atoms with Crippen LogP contribution < -0.4 is 5.32 Å². The molecule has 0 aromatic rings. The van der Waals surface area contributed by atoms with Crippen LogP contribution in [0, 0.1) is 11.3 Å². The van der Waals surface area contributed by atoms with Gasteiger partial charge in [0.15, 0.2) is 0 Å². The Morgan fingerprint density at radius 2 is 2.00 bits per heavy atom. The zero-order valence-corrected chi connectivity index (χ0v) is 9.62. The van der Waals surface area contributed by atoms with E-state index in [0.29, 0.717) is 12.1 Å². The van der Waals surface area contributed by atoms with Crippen LogP contribution in [-0.4, -0.2) is 35.0 Å². The van der Waals surface area contributed by atoms with Gasteiger partial charge in [-0.2, -0.15) is 0 Å². The lowest BCUT2D eigenvalue weighted by Gasteiger charge is -2.51. The molecular weight excluding hydrogens is 178 g/mol. The van der Waals surface area contributed by atoms with Gasteiger partial charge in [-0.05, 0) is 19.3 Å². The van der Waals surface area contributed by atoms with Crippen LogP contribution in [0.4, 0.5) is 0 Å². The van der Waals surface area contributed by atoms with Crippen LogP contribution in [0.25, 0.3) is 0 Å². The molecular formula is C11H23NO2. The molecule has 0 heterocycles. The Morgan fingerprint density at radius 3 is 2.36 bits per heavy atom. The molecule has 3 heteroatoms. The van der Waals surface area contributed by atoms with Crippen molar-refractivity contribution in [3.63, 3.8) is 0 Å². The summed E-state index contributed by atoms with van der Waals surface area (Å²) < 4.78 is 0. The molecule has 1 aliphatic rings. The highest BCUT2D eigenvalue weighted by Crippen LogP contribution is 2.40. The molecule has 3 N–H and O–H groups in total. The molecule has 4 unspecified atom stereocenters. The minimum atomic E-state index is -0.184. The monoisotopic (exact) mass is 201 g/mol. The Bertz CT molecular complexity index is 194. The Morgan fingerprint density at radius 1 is 1.43 bits per heavy atom. The fourth-order valence-corrected chi connectivity index (χ4v) is 1.83. The van der Waals surface area contributed by atoms with Crippen LogP contribution in [0.2, 0.25) is 0 Å². The van der Waals surface area contributed by atoms with Gasteiger partial charge in [0.25, 0.3) is 0 Å². The summed E-state index contributed by atoms with van der Waals surface area (Å²) in [6.07, 6.45) is 0.645. The van der Waals surface area contributed by atoms with Gasteiger partial charge in [-0.1, -0.05) is 20.8 Å². The Balaban J connectivity index is 2.39. The quantitative estimate of drug-likeness (QED) is 0.629. The maximum Gasteiger partial charge on any atom is 0.0621 e. The van der Waals surface area contributed by atoms with Gasteiger partial charge < -0.3 is 15.5 Å². The van der Waals surface area contributed by atoms with Crippen molar-refractivity contribution in [2.75, 3.05) is 6.61 Å². The predicted molar refractivity (Wildman–Crippen MR) is 57.0 cm³/mol. The van der Waals surface area contributed by atoms with Crippen molar-refractivity contribution in [3.8, 4) is 0 Å². The molecule has 0 amide bonds. The van der Waals surface area contributed by atoms with E-state index >= 15 is 0 Å². The third-order valence-electron chi connectivity index (χ3n) is 3.82. The molecule has 0 saturated heterocycles. The first-order valence-corrected chi connectivity index (χ1v) is 5.44. The maximum absolute atomic E-state index is 9.57. The fourth-order valence-electron chi connectivity index (χ4n) is 1.83. The summed E-state index contributed by atoms with van der Waals surface area (Å²) in [5, 5.41) is 22.0. The van der Waals surface area contributed by atoms with Crippen LogP contribution in [0.1, 0.15) is 34.1 Å². The lowest BCUT2D eigenvalue weighted by atomic mass is 9.64. The Hall–Kier alpha value is -0.120. The molecule has 0 radical (unpaired) electrons. The number of nitrogens with one attached hydrogen (secondary N) is 1. The van der Waals surface area contributed by atoms with Crippen LogP contribution in [0.15, 0.2) is 0 Å². The SMILES string of the molecule is CC(CO)C(C)NC1CC(O)C1(C)C. The van der Waals surface area contributed by atoms with E-state index in [1.54, 1.807) is 0 Å². The molecule has 1 fully saturated rings. The molecule has 4 atom stereocenters. The van der Waals surface area contributed by atoms with Crippen molar-refractivity contribution in [2.45, 2.75) is 52.3 Å². The first-order chi connectivity index (χ1) is 6.39. The fraction of sp³-hybridized carbons (Fsp3) is 1.00. The predicted octanol–water partition coefficient (Wildman–Crippen LogP) is 0.752. The molecule has 0 spiro atoms. The normalized spacial score (nSPS) is 34.7. The lowest BCUT2D eigenvalue weighted by molar-refractivity contribution is -0.0776. The minimum Gasteiger partial charge on any atom is -0.396 e. The third kappa shape index (κ3) is 2.10. The van der Waals surface area contributed by atoms with Gasteiger partial charge in [0, 0.05) is 24.1 Å². The highest BCUT2D eigenvalue weighted by atomic mass is 16.3. The maximum atomic E-state index is 9.57. The van der Waals surface area contributed by atoms with Crippen LogP contribution >= 0.6 is 0 Å². The molecule has 0 aliphatic heterocycles. The molecule has 1 aliphatic carbocycles. The molecule has 3 nitrogen and oxygen atoms in total. The largest absolute Gasteiger partial charge is 0.396 e. The summed E-state index contributed by atoms with van der Waals surface area (Å²) in [7, 11) is 0. The van der Waals surface area contributed by atoms with Crippen molar-refractivity contribution in [3.05, 3.63) is 0 Å². The summed E-state index contributed by atoms with van der Waals surface area (Å²) in [5.41, 5.74) is -0.0244. The number of rotatable bonds is 4. The van der Waals surface area contributed by atoms with Gasteiger partial charge in [-0.3, -0.25) is 0 Å². The van der Waals surface area contributed by atoms with Gasteiger partial charge in [0.05, 0.1) is 6.10 Å². The van der Waals surface area contributed by atoms with E-state index in [1.807, 2.05) is 6.92 Å². The zero-order valence-electron chi connectivity index (χ0n) is 9.62. The number of aliphatic hydroxyl groups is 2. The average molecular weight is 201 g/mol. The van der Waals surface area contributed by atoms with Gasteiger partial charge in [0.1, 0.15) is 0 Å². The van der Waals surface area contributed by atoms with E-state index in [1.165, 1.54) is 0 Å². The van der Waals surface area contributed by atoms with E-state index in [4.69, 9.17) is 5.11 Å². The summed E-state index contributed by atoms with van der Waals surface area (Å²) in [4.78, 5) is 0. The van der Waals surface area contributed by atoms with Crippen LogP contribution in [0.3, 0.4) is 0 Å². The van der Waals surface area contributed by atoms with Crippen LogP contribution in [-0.2, 0) is 0 Å². The summed E-state index contributed by atoms with van der Waals surface area (Å²) in [5.74, 6) is 0.267. The van der Waals surface area contributed by atoms with Crippen molar-refractivity contribution in [2.24, 2.45) is 11.3 Å². The molecule has 84 valence electrons. The van der Waals surface area contributed by atoms with Crippen molar-refractivity contribution >= 4 is 0 Å². The second-order valence-corrected chi connectivity index (χ2v) is 5.24. The van der Waals surface area contributed by atoms with E-state index < -0.39 is 0 Å². The van der Waals surface area contributed by atoms with Crippen molar-refractivity contribution < 1.29 is 10.2 Å². The van der Waals surface area contributed by atoms with Crippen molar-refractivity contribution in [1.29, 1.82) is 0 Å². The number of hydrogen-bond acceptors (Lipinski definition) is 3. The molecule has 1 saturated carbocycles. The van der Waals surface area contributed by atoms with E-state index in [-0.39, 0.29) is 24.0 Å². The summed E-state index contributed by atoms with van der Waals surface area (Å²) >= 11 is 0. The highest BCUT2D eigenvalue weighted by molar-refractivity contribution is 5.02.